The minimum Gasteiger partial charge on any atom is -0.372 e. The molecule has 0 bridgehead atoms. The molecule has 0 spiro atoms. The maximum Gasteiger partial charge on any atom is 0.226 e. The Morgan fingerprint density at radius 3 is 2.29 bits per heavy atom. The predicted octanol–water partition coefficient (Wildman–Crippen LogP) is 3.91. The van der Waals surface area contributed by atoms with Crippen molar-refractivity contribution in [1.29, 1.82) is 0 Å². The quantitative estimate of drug-likeness (QED) is 0.718. The zero-order chi connectivity index (χ0) is 16.5. The average molecular weight is 319 g/mol. The third-order valence-electron chi connectivity index (χ3n) is 4.34. The Labute approximate surface area is 142 Å². The van der Waals surface area contributed by atoms with Gasteiger partial charge in [0.2, 0.25) is 5.95 Å². The fraction of sp³-hybridized carbons (Fsp3) is 0.300. The van der Waals surface area contributed by atoms with Crippen molar-refractivity contribution in [2.75, 3.05) is 18.0 Å². The van der Waals surface area contributed by atoms with Crippen LogP contribution < -0.4 is 4.90 Å². The summed E-state index contributed by atoms with van der Waals surface area (Å²) in [5.74, 6) is 0.787. The number of aromatic nitrogens is 2. The van der Waals surface area contributed by atoms with E-state index in [-0.39, 0.29) is 12.2 Å². The van der Waals surface area contributed by atoms with Crippen molar-refractivity contribution in [2.24, 2.45) is 0 Å². The lowest BCUT2D eigenvalue weighted by Crippen LogP contribution is -2.46. The summed E-state index contributed by atoms with van der Waals surface area (Å²) >= 11 is 0. The molecule has 4 rings (SSSR count). The first-order valence-corrected chi connectivity index (χ1v) is 8.43. The van der Waals surface area contributed by atoms with Crippen LogP contribution in [0.4, 0.5) is 5.95 Å². The van der Waals surface area contributed by atoms with Crippen molar-refractivity contribution in [3.05, 3.63) is 54.6 Å². The number of rotatable bonds is 2. The van der Waals surface area contributed by atoms with E-state index >= 15 is 0 Å². The Balaban J connectivity index is 1.86. The van der Waals surface area contributed by atoms with Gasteiger partial charge in [-0.1, -0.05) is 48.5 Å². The van der Waals surface area contributed by atoms with Gasteiger partial charge in [0.1, 0.15) is 0 Å². The van der Waals surface area contributed by atoms with Crippen molar-refractivity contribution >= 4 is 16.9 Å². The summed E-state index contributed by atoms with van der Waals surface area (Å²) in [7, 11) is 0. The number of hydrogen-bond donors (Lipinski definition) is 0. The molecule has 2 aromatic carbocycles. The van der Waals surface area contributed by atoms with Crippen molar-refractivity contribution < 1.29 is 4.74 Å². The fourth-order valence-corrected chi connectivity index (χ4v) is 3.36. The number of hydrogen-bond acceptors (Lipinski definition) is 4. The van der Waals surface area contributed by atoms with Crippen molar-refractivity contribution in [1.82, 2.24) is 9.97 Å². The van der Waals surface area contributed by atoms with E-state index in [4.69, 9.17) is 14.7 Å². The van der Waals surface area contributed by atoms with Crippen LogP contribution in [0.2, 0.25) is 0 Å². The van der Waals surface area contributed by atoms with E-state index in [9.17, 15) is 0 Å². The van der Waals surface area contributed by atoms with Gasteiger partial charge >= 0.3 is 0 Å². The van der Waals surface area contributed by atoms with Gasteiger partial charge in [0.25, 0.3) is 0 Å². The Bertz CT molecular complexity index is 840. The molecular weight excluding hydrogens is 298 g/mol. The molecule has 1 saturated heterocycles. The van der Waals surface area contributed by atoms with Gasteiger partial charge in [-0.3, -0.25) is 0 Å². The Kier molecular flexibility index (Phi) is 3.90. The summed E-state index contributed by atoms with van der Waals surface area (Å²) in [5.41, 5.74) is 3.09. The SMILES string of the molecule is C[C@@H]1CN(c2nc(-c3ccccc3)c3ccccc3n2)C[C@H](C)O1. The molecule has 1 aliphatic rings. The summed E-state index contributed by atoms with van der Waals surface area (Å²) in [6, 6.07) is 18.5. The first-order valence-electron chi connectivity index (χ1n) is 8.43. The minimum absolute atomic E-state index is 0.184. The Morgan fingerprint density at radius 2 is 1.54 bits per heavy atom. The smallest absolute Gasteiger partial charge is 0.226 e. The lowest BCUT2D eigenvalue weighted by Gasteiger charge is -2.35. The molecule has 0 saturated carbocycles. The molecule has 0 amide bonds. The molecule has 2 atom stereocenters. The average Bonchev–Trinajstić information content (AvgIpc) is 2.61. The summed E-state index contributed by atoms with van der Waals surface area (Å²) in [6.07, 6.45) is 0.369. The van der Waals surface area contributed by atoms with E-state index in [0.29, 0.717) is 0 Å². The van der Waals surface area contributed by atoms with Crippen LogP contribution in [0, 0.1) is 0 Å². The summed E-state index contributed by atoms with van der Waals surface area (Å²) in [4.78, 5) is 12.0. The minimum atomic E-state index is 0.184. The molecule has 4 nitrogen and oxygen atoms in total. The molecule has 0 aliphatic carbocycles. The second-order valence-corrected chi connectivity index (χ2v) is 6.42. The monoisotopic (exact) mass is 319 g/mol. The zero-order valence-electron chi connectivity index (χ0n) is 14.0. The lowest BCUT2D eigenvalue weighted by atomic mass is 10.1. The van der Waals surface area contributed by atoms with Gasteiger partial charge < -0.3 is 9.64 Å². The highest BCUT2D eigenvalue weighted by Gasteiger charge is 2.25. The third kappa shape index (κ3) is 2.85. The van der Waals surface area contributed by atoms with Crippen LogP contribution in [0.3, 0.4) is 0 Å². The molecule has 2 heterocycles. The number of benzene rings is 2. The van der Waals surface area contributed by atoms with Crippen molar-refractivity contribution in [3.8, 4) is 11.3 Å². The molecule has 0 unspecified atom stereocenters. The van der Waals surface area contributed by atoms with Gasteiger partial charge in [-0.25, -0.2) is 9.97 Å². The molecular formula is C20H21N3O. The molecule has 3 aromatic rings. The van der Waals surface area contributed by atoms with Crippen molar-refractivity contribution in [2.45, 2.75) is 26.1 Å². The van der Waals surface area contributed by atoms with Crippen LogP contribution in [0.5, 0.6) is 0 Å². The van der Waals surface area contributed by atoms with E-state index in [0.717, 1.165) is 41.2 Å². The highest BCUT2D eigenvalue weighted by atomic mass is 16.5. The number of anilines is 1. The number of para-hydroxylation sites is 1. The van der Waals surface area contributed by atoms with Crippen LogP contribution in [0.15, 0.2) is 54.6 Å². The van der Waals surface area contributed by atoms with E-state index in [1.807, 2.05) is 30.3 Å². The standard InChI is InChI=1S/C20H21N3O/c1-14-12-23(13-15(2)24-14)20-21-18-11-7-6-10-17(18)19(22-20)16-8-4-3-5-9-16/h3-11,14-15H,12-13H2,1-2H3/t14-,15+. The summed E-state index contributed by atoms with van der Waals surface area (Å²) in [6.45, 7) is 5.83. The molecule has 122 valence electrons. The normalized spacial score (nSPS) is 21.2. The van der Waals surface area contributed by atoms with E-state index in [1.165, 1.54) is 0 Å². The molecule has 1 aliphatic heterocycles. The van der Waals surface area contributed by atoms with Crippen LogP contribution in [0.1, 0.15) is 13.8 Å². The highest BCUT2D eigenvalue weighted by Crippen LogP contribution is 2.29. The van der Waals surface area contributed by atoms with Crippen molar-refractivity contribution in [3.63, 3.8) is 0 Å². The first-order chi connectivity index (χ1) is 11.7. The summed E-state index contributed by atoms with van der Waals surface area (Å²) < 4.78 is 5.84. The molecule has 4 heteroatoms. The summed E-state index contributed by atoms with van der Waals surface area (Å²) in [5, 5.41) is 1.09. The maximum absolute atomic E-state index is 5.84. The van der Waals surface area contributed by atoms with Gasteiger partial charge in [0, 0.05) is 24.0 Å². The van der Waals surface area contributed by atoms with E-state index in [1.54, 1.807) is 0 Å². The van der Waals surface area contributed by atoms with Crippen LogP contribution >= 0.6 is 0 Å². The largest absolute Gasteiger partial charge is 0.372 e. The van der Waals surface area contributed by atoms with Gasteiger partial charge in [-0.05, 0) is 19.9 Å². The van der Waals surface area contributed by atoms with E-state index < -0.39 is 0 Å². The predicted molar refractivity (Wildman–Crippen MR) is 97.2 cm³/mol. The maximum atomic E-state index is 5.84. The van der Waals surface area contributed by atoms with Crippen LogP contribution in [-0.2, 0) is 4.74 Å². The third-order valence-corrected chi connectivity index (χ3v) is 4.34. The first kappa shape index (κ1) is 15.1. The number of ether oxygens (including phenoxy) is 1. The second kappa shape index (κ2) is 6.21. The number of morpholine rings is 1. The van der Waals surface area contributed by atoms with Crippen LogP contribution in [-0.4, -0.2) is 35.3 Å². The molecule has 1 aromatic heterocycles. The molecule has 1 fully saturated rings. The molecule has 0 radical (unpaired) electrons. The van der Waals surface area contributed by atoms with Crippen LogP contribution in [0.25, 0.3) is 22.2 Å². The number of fused-ring (bicyclic) bond motifs is 1. The molecule has 0 N–H and O–H groups in total. The van der Waals surface area contributed by atoms with Gasteiger partial charge in [-0.2, -0.15) is 0 Å². The van der Waals surface area contributed by atoms with Gasteiger partial charge in [0.15, 0.2) is 0 Å². The fourth-order valence-electron chi connectivity index (χ4n) is 3.36. The molecule has 24 heavy (non-hydrogen) atoms. The lowest BCUT2D eigenvalue weighted by molar-refractivity contribution is -0.00569. The Morgan fingerprint density at radius 1 is 0.875 bits per heavy atom. The van der Waals surface area contributed by atoms with Gasteiger partial charge in [0.05, 0.1) is 23.4 Å². The van der Waals surface area contributed by atoms with E-state index in [2.05, 4.69) is 43.0 Å². The Hall–Kier alpha value is -2.46. The topological polar surface area (TPSA) is 38.2 Å². The van der Waals surface area contributed by atoms with Gasteiger partial charge in [-0.15, -0.1) is 0 Å². The highest BCUT2D eigenvalue weighted by molar-refractivity contribution is 5.93. The second-order valence-electron chi connectivity index (χ2n) is 6.42. The number of nitrogens with zero attached hydrogens (tertiary/aromatic N) is 3. The zero-order valence-corrected chi connectivity index (χ0v) is 14.0.